The largest absolute Gasteiger partial charge is 0.508 e. The molecule has 2 heteroatoms. The van der Waals surface area contributed by atoms with Crippen molar-refractivity contribution >= 4 is 6.08 Å². The van der Waals surface area contributed by atoms with Crippen LogP contribution in [0.2, 0.25) is 0 Å². The van der Waals surface area contributed by atoms with E-state index in [1.165, 1.54) is 0 Å². The number of benzene rings is 1. The highest BCUT2D eigenvalue weighted by atomic mass is 16.3. The third kappa shape index (κ3) is 3.00. The quantitative estimate of drug-likeness (QED) is 0.857. The number of likely N-dealkylation sites (N-methyl/N-ethyl adjacent to an activating group) is 1. The lowest BCUT2D eigenvalue weighted by Crippen LogP contribution is -2.28. The van der Waals surface area contributed by atoms with E-state index in [0.29, 0.717) is 11.8 Å². The summed E-state index contributed by atoms with van der Waals surface area (Å²) in [5, 5.41) is 9.20. The van der Waals surface area contributed by atoms with Gasteiger partial charge in [-0.15, -0.1) is 0 Å². The second kappa shape index (κ2) is 5.39. The fourth-order valence-electron chi connectivity index (χ4n) is 1.83. The van der Waals surface area contributed by atoms with Crippen molar-refractivity contribution in [3.05, 3.63) is 60.3 Å². The van der Waals surface area contributed by atoms with E-state index in [9.17, 15) is 5.11 Å². The number of phenols is 1. The molecule has 0 saturated heterocycles. The molecule has 0 aliphatic carbocycles. The van der Waals surface area contributed by atoms with Gasteiger partial charge in [0, 0.05) is 6.54 Å². The Balaban J connectivity index is 2.07. The zero-order valence-corrected chi connectivity index (χ0v) is 9.95. The van der Waals surface area contributed by atoms with Crippen LogP contribution in [0.1, 0.15) is 12.5 Å². The van der Waals surface area contributed by atoms with Crippen LogP contribution in [0.15, 0.2) is 54.8 Å². The van der Waals surface area contributed by atoms with Crippen molar-refractivity contribution in [2.45, 2.75) is 13.0 Å². The van der Waals surface area contributed by atoms with E-state index in [1.54, 1.807) is 12.1 Å². The monoisotopic (exact) mass is 227 g/mol. The minimum atomic E-state index is 0.304. The summed E-state index contributed by atoms with van der Waals surface area (Å²) in [7, 11) is 0. The topological polar surface area (TPSA) is 23.5 Å². The number of aromatic hydroxyl groups is 1. The second-order valence-corrected chi connectivity index (χ2v) is 4.00. The third-order valence-electron chi connectivity index (χ3n) is 2.82. The van der Waals surface area contributed by atoms with Crippen LogP contribution in [-0.4, -0.2) is 22.6 Å². The van der Waals surface area contributed by atoms with E-state index in [2.05, 4.69) is 42.3 Å². The molecule has 0 fully saturated rings. The van der Waals surface area contributed by atoms with E-state index >= 15 is 0 Å². The Bertz CT molecular complexity index is 442. The van der Waals surface area contributed by atoms with Crippen molar-refractivity contribution in [3.63, 3.8) is 0 Å². The predicted octanol–water partition coefficient (Wildman–Crippen LogP) is 3.18. The first-order chi connectivity index (χ1) is 8.29. The highest BCUT2D eigenvalue weighted by Gasteiger charge is 2.08. The molecular weight excluding hydrogens is 210 g/mol. The van der Waals surface area contributed by atoms with Crippen LogP contribution in [-0.2, 0) is 0 Å². The van der Waals surface area contributed by atoms with Gasteiger partial charge in [-0.1, -0.05) is 36.4 Å². The first-order valence-corrected chi connectivity index (χ1v) is 5.87. The van der Waals surface area contributed by atoms with E-state index in [-0.39, 0.29) is 0 Å². The Hall–Kier alpha value is -1.96. The molecule has 1 unspecified atom stereocenters. The Morgan fingerprint density at radius 3 is 2.71 bits per heavy atom. The maximum atomic E-state index is 9.20. The lowest BCUT2D eigenvalue weighted by Gasteiger charge is -2.26. The molecule has 1 aliphatic heterocycles. The Labute approximate surface area is 102 Å². The van der Waals surface area contributed by atoms with Crippen LogP contribution in [0.4, 0.5) is 0 Å². The number of hydrogen-bond donors (Lipinski definition) is 1. The molecule has 2 nitrogen and oxygen atoms in total. The molecule has 0 amide bonds. The first kappa shape index (κ1) is 11.5. The first-order valence-electron chi connectivity index (χ1n) is 5.87. The van der Waals surface area contributed by atoms with Crippen LogP contribution in [0.5, 0.6) is 5.75 Å². The van der Waals surface area contributed by atoms with Gasteiger partial charge in [-0.3, -0.25) is 0 Å². The lowest BCUT2D eigenvalue weighted by molar-refractivity contribution is 0.376. The molecule has 0 bridgehead atoms. The molecule has 0 spiro atoms. The third-order valence-corrected chi connectivity index (χ3v) is 2.82. The molecule has 0 saturated carbocycles. The van der Waals surface area contributed by atoms with Crippen molar-refractivity contribution in [2.75, 3.05) is 6.54 Å². The Morgan fingerprint density at radius 1 is 1.24 bits per heavy atom. The van der Waals surface area contributed by atoms with Crippen molar-refractivity contribution in [1.29, 1.82) is 0 Å². The van der Waals surface area contributed by atoms with Gasteiger partial charge in [-0.25, -0.2) is 0 Å². The lowest BCUT2D eigenvalue weighted by atomic mass is 10.1. The van der Waals surface area contributed by atoms with E-state index < -0.39 is 0 Å². The summed E-state index contributed by atoms with van der Waals surface area (Å²) in [4.78, 5) is 2.26. The van der Waals surface area contributed by atoms with Crippen LogP contribution in [0.25, 0.3) is 6.08 Å². The summed E-state index contributed by atoms with van der Waals surface area (Å²) >= 11 is 0. The number of rotatable bonds is 3. The zero-order valence-electron chi connectivity index (χ0n) is 9.95. The van der Waals surface area contributed by atoms with Gasteiger partial charge in [0.05, 0.1) is 6.04 Å². The Kier molecular flexibility index (Phi) is 3.66. The molecule has 1 N–H and O–H groups in total. The molecule has 1 atom stereocenters. The van der Waals surface area contributed by atoms with Crippen LogP contribution < -0.4 is 0 Å². The summed E-state index contributed by atoms with van der Waals surface area (Å²) in [5.74, 6) is 0.304. The molecule has 0 radical (unpaired) electrons. The molecule has 1 aromatic carbocycles. The molecule has 88 valence electrons. The highest BCUT2D eigenvalue weighted by molar-refractivity contribution is 5.51. The number of phenolic OH excluding ortho intramolecular Hbond substituents is 1. The number of hydrogen-bond acceptors (Lipinski definition) is 2. The molecule has 0 aromatic heterocycles. The van der Waals surface area contributed by atoms with Gasteiger partial charge in [0.25, 0.3) is 0 Å². The number of nitrogens with zero attached hydrogens (tertiary/aromatic N) is 1. The zero-order chi connectivity index (χ0) is 12.1. The summed E-state index contributed by atoms with van der Waals surface area (Å²) in [5.41, 5.74) is 1.10. The molecule has 1 aromatic rings. The standard InChI is InChI=1S/C15H17NO/c1-2-16-12-4-3-5-14(16)9-6-13-7-10-15(17)11-8-13/h3-12,14,17H,2H2,1H3/b9-6+. The average Bonchev–Trinajstić information content (AvgIpc) is 2.38. The minimum Gasteiger partial charge on any atom is -0.508 e. The van der Waals surface area contributed by atoms with Gasteiger partial charge in [-0.2, -0.15) is 0 Å². The van der Waals surface area contributed by atoms with E-state index in [4.69, 9.17) is 0 Å². The van der Waals surface area contributed by atoms with E-state index in [1.807, 2.05) is 18.2 Å². The van der Waals surface area contributed by atoms with Crippen molar-refractivity contribution in [3.8, 4) is 5.75 Å². The SMILES string of the molecule is CCN1C=CC=CC1/C=C/c1ccc(O)cc1. The maximum absolute atomic E-state index is 9.20. The maximum Gasteiger partial charge on any atom is 0.115 e. The normalized spacial score (nSPS) is 19.1. The summed E-state index contributed by atoms with van der Waals surface area (Å²) in [6.45, 7) is 3.14. The van der Waals surface area contributed by atoms with Gasteiger partial charge in [-0.05, 0) is 36.9 Å². The van der Waals surface area contributed by atoms with Gasteiger partial charge < -0.3 is 10.0 Å². The fraction of sp³-hybridized carbons (Fsp3) is 0.200. The van der Waals surface area contributed by atoms with Gasteiger partial charge >= 0.3 is 0 Å². The minimum absolute atomic E-state index is 0.304. The van der Waals surface area contributed by atoms with Gasteiger partial charge in [0.15, 0.2) is 0 Å². The van der Waals surface area contributed by atoms with Crippen LogP contribution in [0.3, 0.4) is 0 Å². The predicted molar refractivity (Wildman–Crippen MR) is 71.6 cm³/mol. The molecule has 17 heavy (non-hydrogen) atoms. The van der Waals surface area contributed by atoms with Gasteiger partial charge in [0.1, 0.15) is 5.75 Å². The summed E-state index contributed by atoms with van der Waals surface area (Å²) < 4.78 is 0. The molecule has 1 aliphatic rings. The smallest absolute Gasteiger partial charge is 0.115 e. The van der Waals surface area contributed by atoms with Crippen LogP contribution in [0, 0.1) is 0 Å². The fourth-order valence-corrected chi connectivity index (χ4v) is 1.83. The van der Waals surface area contributed by atoms with Crippen molar-refractivity contribution in [1.82, 2.24) is 4.90 Å². The second-order valence-electron chi connectivity index (χ2n) is 4.00. The molecule has 2 rings (SSSR count). The Morgan fingerprint density at radius 2 is 2.00 bits per heavy atom. The number of allylic oxidation sites excluding steroid dienone is 2. The summed E-state index contributed by atoms with van der Waals surface area (Å²) in [6, 6.07) is 7.54. The van der Waals surface area contributed by atoms with Gasteiger partial charge in [0.2, 0.25) is 0 Å². The van der Waals surface area contributed by atoms with Crippen LogP contribution >= 0.6 is 0 Å². The molecular formula is C15H17NO. The van der Waals surface area contributed by atoms with Crippen molar-refractivity contribution in [2.24, 2.45) is 0 Å². The highest BCUT2D eigenvalue weighted by Crippen LogP contribution is 2.14. The average molecular weight is 227 g/mol. The summed E-state index contributed by atoms with van der Waals surface area (Å²) in [6.07, 6.45) is 12.6. The molecule has 1 heterocycles. The van der Waals surface area contributed by atoms with Crippen molar-refractivity contribution < 1.29 is 5.11 Å². The van der Waals surface area contributed by atoms with E-state index in [0.717, 1.165) is 12.1 Å².